The number of nitrogens with zero attached hydrogens (tertiary/aromatic N) is 4. The van der Waals surface area contributed by atoms with Gasteiger partial charge in [0.05, 0.1) is 0 Å². The fourth-order valence-corrected chi connectivity index (χ4v) is 2.95. The highest BCUT2D eigenvalue weighted by atomic mass is 15.2. The fourth-order valence-electron chi connectivity index (χ4n) is 2.95. The second-order valence-electron chi connectivity index (χ2n) is 5.77. The molecule has 0 spiro atoms. The van der Waals surface area contributed by atoms with Crippen molar-refractivity contribution in [3.63, 3.8) is 0 Å². The molecule has 4 heteroatoms. The molecule has 0 saturated carbocycles. The SMILES string of the molecule is Cc1cc(N2CC(C)CC2C)nc(-c2ccncc2)n1. The van der Waals surface area contributed by atoms with Crippen molar-refractivity contribution in [2.75, 3.05) is 11.4 Å². The lowest BCUT2D eigenvalue weighted by atomic mass is 10.1. The first-order valence-electron chi connectivity index (χ1n) is 7.16. The van der Waals surface area contributed by atoms with Crippen molar-refractivity contribution in [3.05, 3.63) is 36.3 Å². The molecule has 0 bridgehead atoms. The van der Waals surface area contributed by atoms with Crippen LogP contribution in [0, 0.1) is 12.8 Å². The molecule has 1 aliphatic rings. The van der Waals surface area contributed by atoms with E-state index in [0.717, 1.165) is 35.4 Å². The average Bonchev–Trinajstić information content (AvgIpc) is 2.78. The number of hydrogen-bond donors (Lipinski definition) is 0. The molecule has 1 aliphatic heterocycles. The van der Waals surface area contributed by atoms with Gasteiger partial charge in [0.25, 0.3) is 0 Å². The third kappa shape index (κ3) is 2.50. The Morgan fingerprint density at radius 3 is 2.55 bits per heavy atom. The molecule has 0 amide bonds. The monoisotopic (exact) mass is 268 g/mol. The van der Waals surface area contributed by atoms with Crippen LogP contribution < -0.4 is 4.90 Å². The largest absolute Gasteiger partial charge is 0.354 e. The number of anilines is 1. The van der Waals surface area contributed by atoms with Gasteiger partial charge in [-0.1, -0.05) is 6.92 Å². The Morgan fingerprint density at radius 2 is 1.90 bits per heavy atom. The minimum atomic E-state index is 0.546. The minimum Gasteiger partial charge on any atom is -0.354 e. The quantitative estimate of drug-likeness (QED) is 0.839. The first-order valence-corrected chi connectivity index (χ1v) is 7.16. The smallest absolute Gasteiger partial charge is 0.161 e. The summed E-state index contributed by atoms with van der Waals surface area (Å²) in [6.45, 7) is 7.68. The van der Waals surface area contributed by atoms with Gasteiger partial charge in [-0.25, -0.2) is 9.97 Å². The molecule has 2 unspecified atom stereocenters. The van der Waals surface area contributed by atoms with Gasteiger partial charge in [0, 0.05) is 42.3 Å². The molecule has 104 valence electrons. The van der Waals surface area contributed by atoms with Crippen LogP contribution in [-0.4, -0.2) is 27.5 Å². The molecular weight excluding hydrogens is 248 g/mol. The van der Waals surface area contributed by atoms with Crippen molar-refractivity contribution in [2.24, 2.45) is 5.92 Å². The molecule has 3 heterocycles. The number of hydrogen-bond acceptors (Lipinski definition) is 4. The van der Waals surface area contributed by atoms with Crippen LogP contribution in [0.3, 0.4) is 0 Å². The highest BCUT2D eigenvalue weighted by Crippen LogP contribution is 2.29. The van der Waals surface area contributed by atoms with Gasteiger partial charge in [-0.15, -0.1) is 0 Å². The molecule has 3 rings (SSSR count). The molecule has 2 aromatic rings. The van der Waals surface area contributed by atoms with E-state index < -0.39 is 0 Å². The summed E-state index contributed by atoms with van der Waals surface area (Å²) >= 11 is 0. The zero-order valence-electron chi connectivity index (χ0n) is 12.2. The molecule has 0 aliphatic carbocycles. The zero-order valence-corrected chi connectivity index (χ0v) is 12.2. The summed E-state index contributed by atoms with van der Waals surface area (Å²) in [6, 6.07) is 6.53. The summed E-state index contributed by atoms with van der Waals surface area (Å²) in [6.07, 6.45) is 4.79. The molecule has 2 atom stereocenters. The van der Waals surface area contributed by atoms with Gasteiger partial charge >= 0.3 is 0 Å². The van der Waals surface area contributed by atoms with Crippen molar-refractivity contribution < 1.29 is 0 Å². The molecule has 2 aromatic heterocycles. The van der Waals surface area contributed by atoms with E-state index >= 15 is 0 Å². The van der Waals surface area contributed by atoms with Crippen LogP contribution in [-0.2, 0) is 0 Å². The Kier molecular flexibility index (Phi) is 3.38. The average molecular weight is 268 g/mol. The van der Waals surface area contributed by atoms with Gasteiger partial charge in [-0.05, 0) is 38.3 Å². The number of aryl methyl sites for hydroxylation is 1. The fraction of sp³-hybridized carbons (Fsp3) is 0.438. The highest BCUT2D eigenvalue weighted by molar-refractivity contribution is 5.57. The van der Waals surface area contributed by atoms with E-state index in [-0.39, 0.29) is 0 Å². The van der Waals surface area contributed by atoms with Crippen LogP contribution >= 0.6 is 0 Å². The molecule has 0 radical (unpaired) electrons. The molecule has 1 fully saturated rings. The molecule has 0 aromatic carbocycles. The lowest BCUT2D eigenvalue weighted by Crippen LogP contribution is -2.27. The van der Waals surface area contributed by atoms with Crippen LogP contribution in [0.2, 0.25) is 0 Å². The van der Waals surface area contributed by atoms with Crippen molar-refractivity contribution in [1.29, 1.82) is 0 Å². The van der Waals surface area contributed by atoms with Gasteiger partial charge in [-0.3, -0.25) is 4.98 Å². The van der Waals surface area contributed by atoms with Gasteiger partial charge in [0.2, 0.25) is 0 Å². The highest BCUT2D eigenvalue weighted by Gasteiger charge is 2.27. The molecule has 20 heavy (non-hydrogen) atoms. The van der Waals surface area contributed by atoms with E-state index in [4.69, 9.17) is 4.98 Å². The van der Waals surface area contributed by atoms with Gasteiger partial charge in [-0.2, -0.15) is 0 Å². The second-order valence-corrected chi connectivity index (χ2v) is 5.77. The summed E-state index contributed by atoms with van der Waals surface area (Å²) in [5.41, 5.74) is 2.03. The minimum absolute atomic E-state index is 0.546. The Morgan fingerprint density at radius 1 is 1.15 bits per heavy atom. The van der Waals surface area contributed by atoms with Crippen molar-refractivity contribution in [3.8, 4) is 11.4 Å². The number of aromatic nitrogens is 3. The third-order valence-corrected chi connectivity index (χ3v) is 3.86. The second kappa shape index (κ2) is 5.19. The first-order chi connectivity index (χ1) is 9.63. The maximum atomic E-state index is 4.76. The predicted molar refractivity (Wildman–Crippen MR) is 80.6 cm³/mol. The summed E-state index contributed by atoms with van der Waals surface area (Å²) in [5, 5.41) is 0. The summed E-state index contributed by atoms with van der Waals surface area (Å²) < 4.78 is 0. The Labute approximate surface area is 119 Å². The Balaban J connectivity index is 1.99. The van der Waals surface area contributed by atoms with Crippen LogP contribution in [0.15, 0.2) is 30.6 Å². The van der Waals surface area contributed by atoms with E-state index in [1.165, 1.54) is 6.42 Å². The maximum Gasteiger partial charge on any atom is 0.161 e. The molecule has 0 N–H and O–H groups in total. The zero-order chi connectivity index (χ0) is 14.1. The summed E-state index contributed by atoms with van der Waals surface area (Å²) in [5.74, 6) is 2.56. The predicted octanol–water partition coefficient (Wildman–Crippen LogP) is 3.08. The van der Waals surface area contributed by atoms with Gasteiger partial charge in [0.15, 0.2) is 5.82 Å². The topological polar surface area (TPSA) is 41.9 Å². The number of pyridine rings is 1. The normalized spacial score (nSPS) is 22.2. The lowest BCUT2D eigenvalue weighted by Gasteiger charge is -2.23. The van der Waals surface area contributed by atoms with Crippen LogP contribution in [0.1, 0.15) is 26.0 Å². The summed E-state index contributed by atoms with van der Waals surface area (Å²) in [4.78, 5) is 15.8. The van der Waals surface area contributed by atoms with E-state index in [1.807, 2.05) is 19.1 Å². The van der Waals surface area contributed by atoms with Crippen LogP contribution in [0.4, 0.5) is 5.82 Å². The molecule has 4 nitrogen and oxygen atoms in total. The Hall–Kier alpha value is -1.97. The van der Waals surface area contributed by atoms with Gasteiger partial charge < -0.3 is 4.90 Å². The van der Waals surface area contributed by atoms with Crippen LogP contribution in [0.25, 0.3) is 11.4 Å². The summed E-state index contributed by atoms with van der Waals surface area (Å²) in [7, 11) is 0. The van der Waals surface area contributed by atoms with Gasteiger partial charge in [0.1, 0.15) is 5.82 Å². The van der Waals surface area contributed by atoms with Crippen LogP contribution in [0.5, 0.6) is 0 Å². The van der Waals surface area contributed by atoms with E-state index in [0.29, 0.717) is 6.04 Å². The van der Waals surface area contributed by atoms with Crippen molar-refractivity contribution >= 4 is 5.82 Å². The van der Waals surface area contributed by atoms with E-state index in [2.05, 4.69) is 34.8 Å². The Bertz CT molecular complexity index is 597. The van der Waals surface area contributed by atoms with E-state index in [9.17, 15) is 0 Å². The number of rotatable bonds is 2. The van der Waals surface area contributed by atoms with E-state index in [1.54, 1.807) is 12.4 Å². The first kappa shape index (κ1) is 13.0. The standard InChI is InChI=1S/C16H20N4/c1-11-8-13(3)20(10-11)15-9-12(2)18-16(19-15)14-4-6-17-7-5-14/h4-7,9,11,13H,8,10H2,1-3H3. The van der Waals surface area contributed by atoms with Crippen molar-refractivity contribution in [2.45, 2.75) is 33.2 Å². The third-order valence-electron chi connectivity index (χ3n) is 3.86. The lowest BCUT2D eigenvalue weighted by molar-refractivity contribution is 0.625. The molecule has 1 saturated heterocycles. The maximum absolute atomic E-state index is 4.76. The van der Waals surface area contributed by atoms with Crippen molar-refractivity contribution in [1.82, 2.24) is 15.0 Å². The molecular formula is C16H20N4.